The maximum atomic E-state index is 15.6. The minimum Gasteiger partial charge on any atom is -0.497 e. The minimum atomic E-state index is -3.35. The molecule has 0 aliphatic rings. The Morgan fingerprint density at radius 3 is 2.15 bits per heavy atom. The van der Waals surface area contributed by atoms with Crippen LogP contribution in [0.2, 0.25) is 0 Å². The van der Waals surface area contributed by atoms with Gasteiger partial charge in [-0.1, -0.05) is 42.5 Å². The van der Waals surface area contributed by atoms with Gasteiger partial charge in [0, 0.05) is 16.8 Å². The highest BCUT2D eigenvalue weighted by Gasteiger charge is 2.40. The average molecular weight is 365 g/mol. The highest BCUT2D eigenvalue weighted by atomic mass is 19.3. The van der Waals surface area contributed by atoms with Crippen LogP contribution >= 0.6 is 0 Å². The van der Waals surface area contributed by atoms with E-state index in [1.165, 1.54) is 32.4 Å². The molecule has 1 heterocycles. The molecule has 0 unspecified atom stereocenters. The third kappa shape index (κ3) is 2.76. The van der Waals surface area contributed by atoms with Crippen LogP contribution in [0.5, 0.6) is 11.5 Å². The summed E-state index contributed by atoms with van der Waals surface area (Å²) in [5, 5.41) is 2.00. The molecule has 4 aromatic rings. The van der Waals surface area contributed by atoms with Gasteiger partial charge in [-0.05, 0) is 23.6 Å². The van der Waals surface area contributed by atoms with Gasteiger partial charge >= 0.3 is 5.92 Å². The van der Waals surface area contributed by atoms with Crippen LogP contribution in [0.15, 0.2) is 66.7 Å². The summed E-state index contributed by atoms with van der Waals surface area (Å²) in [6.07, 6.45) is 0. The Hall–Kier alpha value is -3.21. The number of hydrogen-bond donors (Lipinski definition) is 0. The van der Waals surface area contributed by atoms with E-state index < -0.39 is 5.92 Å². The van der Waals surface area contributed by atoms with Crippen molar-refractivity contribution in [2.75, 3.05) is 14.2 Å². The minimum absolute atomic E-state index is 0.0541. The molecular formula is C22H17F2NO2. The molecule has 0 radical (unpaired) electrons. The van der Waals surface area contributed by atoms with Gasteiger partial charge in [-0.2, -0.15) is 8.78 Å². The van der Waals surface area contributed by atoms with E-state index in [4.69, 9.17) is 9.47 Å². The number of hydrogen-bond acceptors (Lipinski definition) is 3. The molecule has 0 saturated carbocycles. The van der Waals surface area contributed by atoms with Crippen molar-refractivity contribution < 1.29 is 18.3 Å². The molecule has 0 fully saturated rings. The normalized spacial score (nSPS) is 11.7. The summed E-state index contributed by atoms with van der Waals surface area (Å²) in [5.41, 5.74) is -0.0163. The molecule has 0 bridgehead atoms. The summed E-state index contributed by atoms with van der Waals surface area (Å²) < 4.78 is 41.6. The first-order valence-corrected chi connectivity index (χ1v) is 8.44. The zero-order valence-corrected chi connectivity index (χ0v) is 14.9. The summed E-state index contributed by atoms with van der Waals surface area (Å²) in [7, 11) is 2.84. The Balaban J connectivity index is 2.03. The van der Waals surface area contributed by atoms with Crippen molar-refractivity contribution in [3.05, 3.63) is 78.0 Å². The predicted octanol–water partition coefficient (Wildman–Crippen LogP) is 5.55. The second-order valence-electron chi connectivity index (χ2n) is 6.16. The molecule has 0 saturated heterocycles. The van der Waals surface area contributed by atoms with Crippen molar-refractivity contribution in [2.45, 2.75) is 5.92 Å². The van der Waals surface area contributed by atoms with Gasteiger partial charge in [0.15, 0.2) is 0 Å². The molecule has 27 heavy (non-hydrogen) atoms. The standard InChI is InChI=1S/C22H17F2NO2/c1-26-14-11-12-18(20(13-14)27-2)22(23,24)21-17-9-4-3-7-15(17)16-8-5-6-10-19(16)25-21/h3-13H,1-2H3. The lowest BCUT2D eigenvalue weighted by molar-refractivity contribution is 0.0374. The highest BCUT2D eigenvalue weighted by Crippen LogP contribution is 2.44. The smallest absolute Gasteiger partial charge is 0.319 e. The molecule has 3 aromatic carbocycles. The van der Waals surface area contributed by atoms with Crippen LogP contribution in [0, 0.1) is 0 Å². The van der Waals surface area contributed by atoms with Crippen LogP contribution in [0.3, 0.4) is 0 Å². The van der Waals surface area contributed by atoms with Gasteiger partial charge in [0.1, 0.15) is 17.2 Å². The van der Waals surface area contributed by atoms with Crippen molar-refractivity contribution in [3.63, 3.8) is 0 Å². The number of alkyl halides is 2. The average Bonchev–Trinajstić information content (AvgIpc) is 2.72. The van der Waals surface area contributed by atoms with E-state index in [0.717, 1.165) is 10.8 Å². The van der Waals surface area contributed by atoms with E-state index in [1.807, 2.05) is 24.3 Å². The van der Waals surface area contributed by atoms with Gasteiger partial charge in [-0.3, -0.25) is 0 Å². The van der Waals surface area contributed by atoms with E-state index in [1.54, 1.807) is 24.3 Å². The van der Waals surface area contributed by atoms with Gasteiger partial charge in [0.05, 0.1) is 25.3 Å². The van der Waals surface area contributed by atoms with E-state index in [0.29, 0.717) is 16.7 Å². The third-order valence-corrected chi connectivity index (χ3v) is 4.65. The molecule has 0 amide bonds. The second-order valence-corrected chi connectivity index (χ2v) is 6.16. The fraction of sp³-hybridized carbons (Fsp3) is 0.136. The number of ether oxygens (including phenoxy) is 2. The first-order valence-electron chi connectivity index (χ1n) is 8.44. The Kier molecular flexibility index (Phi) is 4.15. The lowest BCUT2D eigenvalue weighted by Crippen LogP contribution is -2.19. The molecule has 5 heteroatoms. The predicted molar refractivity (Wildman–Crippen MR) is 102 cm³/mol. The molecule has 0 aliphatic carbocycles. The zero-order chi connectivity index (χ0) is 19.0. The van der Waals surface area contributed by atoms with Crippen molar-refractivity contribution >= 4 is 21.7 Å². The van der Waals surface area contributed by atoms with Gasteiger partial charge in [-0.15, -0.1) is 0 Å². The van der Waals surface area contributed by atoms with Crippen molar-refractivity contribution in [1.29, 1.82) is 0 Å². The summed E-state index contributed by atoms with van der Waals surface area (Å²) in [5.74, 6) is -2.84. The van der Waals surface area contributed by atoms with Crippen molar-refractivity contribution in [1.82, 2.24) is 4.98 Å². The number of methoxy groups -OCH3 is 2. The molecule has 0 aliphatic heterocycles. The van der Waals surface area contributed by atoms with Crippen molar-refractivity contribution in [2.24, 2.45) is 0 Å². The maximum absolute atomic E-state index is 15.6. The van der Waals surface area contributed by atoms with Crippen molar-refractivity contribution in [3.8, 4) is 11.5 Å². The third-order valence-electron chi connectivity index (χ3n) is 4.65. The van der Waals surface area contributed by atoms with Gasteiger partial charge in [0.2, 0.25) is 0 Å². The Morgan fingerprint density at radius 2 is 1.44 bits per heavy atom. The van der Waals surface area contributed by atoms with Crippen LogP contribution in [-0.4, -0.2) is 19.2 Å². The van der Waals surface area contributed by atoms with Crippen LogP contribution in [0.25, 0.3) is 21.7 Å². The summed E-state index contributed by atoms with van der Waals surface area (Å²) in [6, 6.07) is 18.7. The number of fused-ring (bicyclic) bond motifs is 3. The van der Waals surface area contributed by atoms with Crippen LogP contribution in [0.1, 0.15) is 11.3 Å². The first-order chi connectivity index (χ1) is 13.1. The van der Waals surface area contributed by atoms with Crippen LogP contribution < -0.4 is 9.47 Å². The highest BCUT2D eigenvalue weighted by molar-refractivity contribution is 6.06. The topological polar surface area (TPSA) is 31.4 Å². The van der Waals surface area contributed by atoms with E-state index in [9.17, 15) is 0 Å². The first kappa shape index (κ1) is 17.2. The van der Waals surface area contributed by atoms with E-state index >= 15 is 8.78 Å². The maximum Gasteiger partial charge on any atom is 0.319 e. The second kappa shape index (κ2) is 6.50. The molecule has 0 spiro atoms. The fourth-order valence-corrected chi connectivity index (χ4v) is 3.33. The van der Waals surface area contributed by atoms with Crippen LogP contribution in [-0.2, 0) is 5.92 Å². The molecule has 3 nitrogen and oxygen atoms in total. The van der Waals surface area contributed by atoms with Gasteiger partial charge in [0.25, 0.3) is 0 Å². The summed E-state index contributed by atoms with van der Waals surface area (Å²) in [4.78, 5) is 4.33. The molecule has 0 atom stereocenters. The number of pyridine rings is 1. The number of benzene rings is 3. The number of halogens is 2. The molecule has 4 rings (SSSR count). The monoisotopic (exact) mass is 365 g/mol. The van der Waals surface area contributed by atoms with Gasteiger partial charge < -0.3 is 9.47 Å². The number of rotatable bonds is 4. The zero-order valence-electron chi connectivity index (χ0n) is 14.9. The van der Waals surface area contributed by atoms with E-state index in [2.05, 4.69) is 4.98 Å². The van der Waals surface area contributed by atoms with E-state index in [-0.39, 0.29) is 17.0 Å². The molecule has 136 valence electrons. The quantitative estimate of drug-likeness (QED) is 0.445. The molecule has 0 N–H and O–H groups in total. The summed E-state index contributed by atoms with van der Waals surface area (Å²) in [6.45, 7) is 0. The Morgan fingerprint density at radius 1 is 0.778 bits per heavy atom. The number of nitrogens with zero attached hydrogens (tertiary/aromatic N) is 1. The molecular weight excluding hydrogens is 348 g/mol. The number of para-hydroxylation sites is 1. The number of aromatic nitrogens is 1. The SMILES string of the molecule is COc1ccc(C(F)(F)c2nc3ccccc3c3ccccc23)c(OC)c1. The van der Waals surface area contributed by atoms with Gasteiger partial charge in [-0.25, -0.2) is 4.98 Å². The largest absolute Gasteiger partial charge is 0.497 e. The Labute approximate surface area is 155 Å². The summed E-state index contributed by atoms with van der Waals surface area (Å²) >= 11 is 0. The van der Waals surface area contributed by atoms with Crippen LogP contribution in [0.4, 0.5) is 8.78 Å². The molecule has 1 aromatic heterocycles. The Bertz CT molecular complexity index is 1140. The fourth-order valence-electron chi connectivity index (χ4n) is 3.33. The lowest BCUT2D eigenvalue weighted by atomic mass is 9.96. The lowest BCUT2D eigenvalue weighted by Gasteiger charge is -2.21.